The molecule has 0 aliphatic rings. The van der Waals surface area contributed by atoms with E-state index in [0.29, 0.717) is 0 Å². The van der Waals surface area contributed by atoms with E-state index in [-0.39, 0.29) is 0 Å². The normalized spacial score (nSPS) is 10.8. The molecule has 90 valence electrons. The Balaban J connectivity index is 2.43. The lowest BCUT2D eigenvalue weighted by Gasteiger charge is -2.09. The lowest BCUT2D eigenvalue weighted by Crippen LogP contribution is -2.06. The van der Waals surface area contributed by atoms with Crippen LogP contribution in [0.1, 0.15) is 17.0 Å². The van der Waals surface area contributed by atoms with Gasteiger partial charge in [-0.3, -0.25) is 0 Å². The second-order valence-electron chi connectivity index (χ2n) is 4.15. The lowest BCUT2D eigenvalue weighted by atomic mass is 10.2. The zero-order valence-corrected chi connectivity index (χ0v) is 11.9. The van der Waals surface area contributed by atoms with Crippen LogP contribution in [0.5, 0.6) is 0 Å². The molecule has 0 fully saturated rings. The Hall–Kier alpha value is -1.13. The van der Waals surface area contributed by atoms with Crippen LogP contribution in [-0.2, 0) is 6.54 Å². The lowest BCUT2D eigenvalue weighted by molar-refractivity contribution is 0.807. The molecule has 1 heterocycles. The van der Waals surface area contributed by atoms with Crippen LogP contribution in [0, 0.1) is 13.8 Å². The van der Waals surface area contributed by atoms with E-state index in [4.69, 9.17) is 0 Å². The molecule has 0 bridgehead atoms. The van der Waals surface area contributed by atoms with Gasteiger partial charge in [0.25, 0.3) is 0 Å². The number of hydrogen-bond acceptors (Lipinski definition) is 2. The number of aryl methyl sites for hydroxylation is 2. The van der Waals surface area contributed by atoms with Crippen molar-refractivity contribution in [2.45, 2.75) is 20.4 Å². The third-order valence-corrected chi connectivity index (χ3v) is 3.27. The van der Waals surface area contributed by atoms with Crippen LogP contribution in [0.2, 0.25) is 0 Å². The Morgan fingerprint density at radius 2 is 2.06 bits per heavy atom. The first-order chi connectivity index (χ1) is 8.11. The van der Waals surface area contributed by atoms with Gasteiger partial charge in [0, 0.05) is 16.7 Å². The fourth-order valence-electron chi connectivity index (χ4n) is 1.91. The van der Waals surface area contributed by atoms with Crippen LogP contribution in [0.4, 0.5) is 0 Å². The maximum Gasteiger partial charge on any atom is 0.0790 e. The van der Waals surface area contributed by atoms with Gasteiger partial charge in [0.1, 0.15) is 0 Å². The molecule has 1 N–H and O–H groups in total. The highest BCUT2D eigenvalue weighted by Gasteiger charge is 2.07. The molecule has 0 saturated carbocycles. The number of hydrogen-bond donors (Lipinski definition) is 1. The third kappa shape index (κ3) is 2.58. The van der Waals surface area contributed by atoms with Crippen molar-refractivity contribution in [3.05, 3.63) is 45.7 Å². The van der Waals surface area contributed by atoms with Crippen LogP contribution in [0.25, 0.3) is 5.69 Å². The van der Waals surface area contributed by atoms with Crippen molar-refractivity contribution >= 4 is 15.9 Å². The molecule has 0 aliphatic carbocycles. The smallest absolute Gasteiger partial charge is 0.0790 e. The van der Waals surface area contributed by atoms with Gasteiger partial charge in [-0.05, 0) is 60.6 Å². The zero-order valence-electron chi connectivity index (χ0n) is 10.3. The number of rotatable bonds is 3. The van der Waals surface area contributed by atoms with E-state index in [2.05, 4.69) is 57.5 Å². The number of nitrogens with one attached hydrogen (secondary N) is 1. The molecule has 0 spiro atoms. The highest BCUT2D eigenvalue weighted by molar-refractivity contribution is 9.10. The van der Waals surface area contributed by atoms with Gasteiger partial charge in [-0.25, -0.2) is 4.68 Å². The van der Waals surface area contributed by atoms with Gasteiger partial charge in [-0.15, -0.1) is 0 Å². The second-order valence-corrected chi connectivity index (χ2v) is 5.01. The Labute approximate surface area is 110 Å². The van der Waals surface area contributed by atoms with Crippen molar-refractivity contribution in [2.24, 2.45) is 0 Å². The highest BCUT2D eigenvalue weighted by Crippen LogP contribution is 2.23. The topological polar surface area (TPSA) is 29.9 Å². The Morgan fingerprint density at radius 1 is 1.29 bits per heavy atom. The predicted octanol–water partition coefficient (Wildman–Crippen LogP) is 2.97. The van der Waals surface area contributed by atoms with Gasteiger partial charge < -0.3 is 5.32 Å². The minimum absolute atomic E-state index is 0.871. The largest absolute Gasteiger partial charge is 0.316 e. The number of benzene rings is 1. The molecule has 1 aromatic carbocycles. The molecule has 0 radical (unpaired) electrons. The van der Waals surface area contributed by atoms with E-state index >= 15 is 0 Å². The number of nitrogens with zero attached hydrogens (tertiary/aromatic N) is 2. The summed E-state index contributed by atoms with van der Waals surface area (Å²) in [5, 5.41) is 7.63. The van der Waals surface area contributed by atoms with Crippen molar-refractivity contribution in [3.63, 3.8) is 0 Å². The molecule has 1 aromatic heterocycles. The quantitative estimate of drug-likeness (QED) is 0.943. The summed E-state index contributed by atoms with van der Waals surface area (Å²) < 4.78 is 3.03. The van der Waals surface area contributed by atoms with Gasteiger partial charge >= 0.3 is 0 Å². The first-order valence-electron chi connectivity index (χ1n) is 5.58. The Bertz CT molecular complexity index is 531. The van der Waals surface area contributed by atoms with Crippen molar-refractivity contribution < 1.29 is 0 Å². The third-order valence-electron chi connectivity index (χ3n) is 2.63. The van der Waals surface area contributed by atoms with E-state index < -0.39 is 0 Å². The average Bonchev–Trinajstić information content (AvgIpc) is 2.58. The number of halogens is 1. The second kappa shape index (κ2) is 5.02. The molecular formula is C13H16BrN3. The summed E-state index contributed by atoms with van der Waals surface area (Å²) in [6.07, 6.45) is 0. The molecule has 0 aliphatic heterocycles. The van der Waals surface area contributed by atoms with Crippen LogP contribution in [0.3, 0.4) is 0 Å². The van der Waals surface area contributed by atoms with Gasteiger partial charge in [0.05, 0.1) is 11.4 Å². The van der Waals surface area contributed by atoms with E-state index in [1.54, 1.807) is 0 Å². The monoisotopic (exact) mass is 293 g/mol. The summed E-state index contributed by atoms with van der Waals surface area (Å²) in [6, 6.07) is 8.42. The molecule has 0 unspecified atom stereocenters. The van der Waals surface area contributed by atoms with Gasteiger partial charge in [-0.2, -0.15) is 5.10 Å². The van der Waals surface area contributed by atoms with Crippen molar-refractivity contribution in [1.82, 2.24) is 15.1 Å². The standard InChI is InChI=1S/C13H16BrN3/c1-9-6-10(2)17(16-9)13-5-4-11(8-15-3)7-12(13)14/h4-7,15H,8H2,1-3H3. The zero-order chi connectivity index (χ0) is 12.4. The SMILES string of the molecule is CNCc1ccc(-n2nc(C)cc2C)c(Br)c1. The molecule has 0 amide bonds. The van der Waals surface area contributed by atoms with Gasteiger partial charge in [-0.1, -0.05) is 6.07 Å². The summed E-state index contributed by atoms with van der Waals surface area (Å²) in [5.74, 6) is 0. The Morgan fingerprint density at radius 3 is 2.59 bits per heavy atom. The highest BCUT2D eigenvalue weighted by atomic mass is 79.9. The average molecular weight is 294 g/mol. The van der Waals surface area contributed by atoms with Crippen LogP contribution in [-0.4, -0.2) is 16.8 Å². The molecule has 3 nitrogen and oxygen atoms in total. The first-order valence-corrected chi connectivity index (χ1v) is 6.38. The summed E-state index contributed by atoms with van der Waals surface area (Å²) in [4.78, 5) is 0. The van der Waals surface area contributed by atoms with Crippen LogP contribution >= 0.6 is 15.9 Å². The van der Waals surface area contributed by atoms with Crippen molar-refractivity contribution in [3.8, 4) is 5.69 Å². The van der Waals surface area contributed by atoms with Crippen molar-refractivity contribution in [1.29, 1.82) is 0 Å². The van der Waals surface area contributed by atoms with Crippen molar-refractivity contribution in [2.75, 3.05) is 7.05 Å². The van der Waals surface area contributed by atoms with E-state index in [1.807, 2.05) is 18.7 Å². The van der Waals surface area contributed by atoms with Gasteiger partial charge in [0.15, 0.2) is 0 Å². The van der Waals surface area contributed by atoms with Crippen LogP contribution < -0.4 is 5.32 Å². The van der Waals surface area contributed by atoms with E-state index in [0.717, 1.165) is 28.1 Å². The van der Waals surface area contributed by atoms with E-state index in [9.17, 15) is 0 Å². The molecule has 4 heteroatoms. The maximum absolute atomic E-state index is 4.49. The summed E-state index contributed by atoms with van der Waals surface area (Å²) in [5.41, 5.74) is 4.51. The van der Waals surface area contributed by atoms with Crippen LogP contribution in [0.15, 0.2) is 28.7 Å². The molecule has 2 rings (SSSR count). The number of aromatic nitrogens is 2. The molecule has 0 atom stereocenters. The molecule has 17 heavy (non-hydrogen) atoms. The minimum atomic E-state index is 0.871. The van der Waals surface area contributed by atoms with E-state index in [1.165, 1.54) is 5.56 Å². The minimum Gasteiger partial charge on any atom is -0.316 e. The molecular weight excluding hydrogens is 278 g/mol. The van der Waals surface area contributed by atoms with Gasteiger partial charge in [0.2, 0.25) is 0 Å². The fraction of sp³-hybridized carbons (Fsp3) is 0.308. The maximum atomic E-state index is 4.49. The summed E-state index contributed by atoms with van der Waals surface area (Å²) >= 11 is 3.61. The summed E-state index contributed by atoms with van der Waals surface area (Å²) in [7, 11) is 1.95. The molecule has 0 saturated heterocycles. The predicted molar refractivity (Wildman–Crippen MR) is 73.5 cm³/mol. The molecule has 2 aromatic rings. The first kappa shape index (κ1) is 12.3. The Kier molecular flexibility index (Phi) is 3.64. The fourth-order valence-corrected chi connectivity index (χ4v) is 2.50. The summed E-state index contributed by atoms with van der Waals surface area (Å²) in [6.45, 7) is 4.94.